The first-order valence-corrected chi connectivity index (χ1v) is 7.91. The molecule has 1 heterocycles. The number of amides is 1. The first-order valence-electron chi connectivity index (χ1n) is 6.11. The van der Waals surface area contributed by atoms with Gasteiger partial charge in [-0.25, -0.2) is 0 Å². The highest BCUT2D eigenvalue weighted by molar-refractivity contribution is 8.01. The zero-order valence-electron chi connectivity index (χ0n) is 12.3. The number of aromatic nitrogens is 2. The zero-order chi connectivity index (χ0) is 14.7. The normalized spacial score (nSPS) is 12.3. The molecule has 2 N–H and O–H groups in total. The van der Waals surface area contributed by atoms with Crippen LogP contribution in [-0.4, -0.2) is 32.9 Å². The summed E-state index contributed by atoms with van der Waals surface area (Å²) in [5, 5.41) is 15.1. The molecular weight excluding hydrogens is 280 g/mol. The molecule has 0 unspecified atom stereocenters. The number of rotatable bonds is 4. The molecule has 0 atom stereocenters. The van der Waals surface area contributed by atoms with Crippen molar-refractivity contribution in [2.45, 2.75) is 57.0 Å². The van der Waals surface area contributed by atoms with Crippen LogP contribution in [0.4, 0.5) is 5.13 Å². The van der Waals surface area contributed by atoms with Gasteiger partial charge < -0.3 is 10.6 Å². The Morgan fingerprint density at radius 3 is 2.32 bits per heavy atom. The molecule has 0 aliphatic carbocycles. The Kier molecular flexibility index (Phi) is 5.20. The fourth-order valence-corrected chi connectivity index (χ4v) is 2.98. The van der Waals surface area contributed by atoms with E-state index < -0.39 is 0 Å². The second-order valence-corrected chi connectivity index (χ2v) is 8.53. The van der Waals surface area contributed by atoms with Gasteiger partial charge in [0.1, 0.15) is 0 Å². The summed E-state index contributed by atoms with van der Waals surface area (Å²) in [6, 6.07) is 0. The predicted octanol–water partition coefficient (Wildman–Crippen LogP) is 2.76. The molecule has 1 rings (SSSR count). The number of nitrogens with one attached hydrogen (secondary N) is 2. The van der Waals surface area contributed by atoms with Crippen LogP contribution in [0.15, 0.2) is 4.34 Å². The minimum atomic E-state index is -0.197. The third-order valence-electron chi connectivity index (χ3n) is 1.73. The van der Waals surface area contributed by atoms with Gasteiger partial charge in [-0.3, -0.25) is 4.79 Å². The van der Waals surface area contributed by atoms with Crippen LogP contribution in [0, 0.1) is 0 Å². The highest BCUT2D eigenvalue weighted by atomic mass is 32.2. The SMILES string of the molecule is CC(C)(C)NC(=O)CSc1nnc(NC(C)(C)C)s1. The maximum absolute atomic E-state index is 11.7. The van der Waals surface area contributed by atoms with Crippen molar-refractivity contribution >= 4 is 34.1 Å². The lowest BCUT2D eigenvalue weighted by atomic mass is 10.1. The number of anilines is 1. The molecule has 19 heavy (non-hydrogen) atoms. The predicted molar refractivity (Wildman–Crippen MR) is 81.9 cm³/mol. The Hall–Kier alpha value is -0.820. The molecule has 0 aliphatic heterocycles. The monoisotopic (exact) mass is 302 g/mol. The highest BCUT2D eigenvalue weighted by Crippen LogP contribution is 2.27. The van der Waals surface area contributed by atoms with Crippen LogP contribution in [0.2, 0.25) is 0 Å². The van der Waals surface area contributed by atoms with Gasteiger partial charge in [0.05, 0.1) is 5.75 Å². The van der Waals surface area contributed by atoms with Crippen molar-refractivity contribution in [2.24, 2.45) is 0 Å². The number of hydrogen-bond acceptors (Lipinski definition) is 6. The molecule has 108 valence electrons. The van der Waals surface area contributed by atoms with E-state index in [9.17, 15) is 4.79 Å². The average molecular weight is 302 g/mol. The van der Waals surface area contributed by atoms with E-state index in [1.165, 1.54) is 23.1 Å². The Labute approximate surface area is 123 Å². The fraction of sp³-hybridized carbons (Fsp3) is 0.750. The lowest BCUT2D eigenvalue weighted by Gasteiger charge is -2.20. The summed E-state index contributed by atoms with van der Waals surface area (Å²) < 4.78 is 0.802. The van der Waals surface area contributed by atoms with Crippen molar-refractivity contribution in [3.05, 3.63) is 0 Å². The molecule has 0 spiro atoms. The van der Waals surface area contributed by atoms with Crippen molar-refractivity contribution < 1.29 is 4.79 Å². The summed E-state index contributed by atoms with van der Waals surface area (Å²) in [5.41, 5.74) is -0.233. The van der Waals surface area contributed by atoms with E-state index in [0.29, 0.717) is 5.75 Å². The molecule has 0 saturated carbocycles. The Morgan fingerprint density at radius 2 is 1.79 bits per heavy atom. The molecule has 0 aromatic carbocycles. The van der Waals surface area contributed by atoms with E-state index in [-0.39, 0.29) is 17.0 Å². The zero-order valence-corrected chi connectivity index (χ0v) is 14.0. The molecule has 0 bridgehead atoms. The maximum Gasteiger partial charge on any atom is 0.230 e. The van der Waals surface area contributed by atoms with Crippen molar-refractivity contribution in [3.8, 4) is 0 Å². The summed E-state index contributed by atoms with van der Waals surface area (Å²) >= 11 is 2.88. The topological polar surface area (TPSA) is 66.9 Å². The highest BCUT2D eigenvalue weighted by Gasteiger charge is 2.16. The molecule has 0 fully saturated rings. The van der Waals surface area contributed by atoms with Gasteiger partial charge >= 0.3 is 0 Å². The van der Waals surface area contributed by atoms with E-state index in [1.54, 1.807) is 0 Å². The van der Waals surface area contributed by atoms with E-state index in [4.69, 9.17) is 0 Å². The van der Waals surface area contributed by atoms with Crippen LogP contribution in [0.3, 0.4) is 0 Å². The summed E-state index contributed by atoms with van der Waals surface area (Å²) in [4.78, 5) is 11.7. The lowest BCUT2D eigenvalue weighted by molar-refractivity contribution is -0.119. The number of carbonyl (C=O) groups is 1. The van der Waals surface area contributed by atoms with Crippen LogP contribution < -0.4 is 10.6 Å². The van der Waals surface area contributed by atoms with Crippen molar-refractivity contribution in [1.82, 2.24) is 15.5 Å². The fourth-order valence-electron chi connectivity index (χ4n) is 1.22. The molecule has 5 nitrogen and oxygen atoms in total. The van der Waals surface area contributed by atoms with Gasteiger partial charge in [0.25, 0.3) is 0 Å². The Morgan fingerprint density at radius 1 is 1.16 bits per heavy atom. The Bertz CT molecular complexity index is 432. The number of hydrogen-bond donors (Lipinski definition) is 2. The van der Waals surface area contributed by atoms with Crippen molar-refractivity contribution in [3.63, 3.8) is 0 Å². The minimum absolute atomic E-state index is 0.0121. The van der Waals surface area contributed by atoms with Gasteiger partial charge in [-0.2, -0.15) is 0 Å². The van der Waals surface area contributed by atoms with E-state index in [2.05, 4.69) is 41.6 Å². The van der Waals surface area contributed by atoms with Gasteiger partial charge in [0.2, 0.25) is 11.0 Å². The largest absolute Gasteiger partial charge is 0.355 e. The molecule has 1 amide bonds. The summed E-state index contributed by atoms with van der Waals surface area (Å²) in [7, 11) is 0. The van der Waals surface area contributed by atoms with Gasteiger partial charge in [-0.15, -0.1) is 10.2 Å². The average Bonchev–Trinajstić information content (AvgIpc) is 2.57. The smallest absolute Gasteiger partial charge is 0.230 e. The van der Waals surface area contributed by atoms with Gasteiger partial charge in [-0.05, 0) is 41.5 Å². The van der Waals surface area contributed by atoms with Crippen LogP contribution in [0.1, 0.15) is 41.5 Å². The number of nitrogens with zero attached hydrogens (tertiary/aromatic N) is 2. The van der Waals surface area contributed by atoms with E-state index in [0.717, 1.165) is 9.47 Å². The molecular formula is C12H22N4OS2. The second-order valence-electron chi connectivity index (χ2n) is 6.33. The molecule has 7 heteroatoms. The van der Waals surface area contributed by atoms with E-state index >= 15 is 0 Å². The molecule has 1 aromatic rings. The molecule has 1 aromatic heterocycles. The standard InChI is InChI=1S/C12H22N4OS2/c1-11(2,3)13-8(17)7-18-10-16-15-9(19-10)14-12(4,5)6/h7H2,1-6H3,(H,13,17)(H,14,15). The summed E-state index contributed by atoms with van der Waals surface area (Å²) in [5.74, 6) is 0.375. The van der Waals surface area contributed by atoms with Crippen LogP contribution in [-0.2, 0) is 4.79 Å². The molecule has 0 aliphatic rings. The van der Waals surface area contributed by atoms with Gasteiger partial charge in [-0.1, -0.05) is 23.1 Å². The first-order chi connectivity index (χ1) is 8.55. The second kappa shape index (κ2) is 6.09. The Balaban J connectivity index is 2.44. The summed E-state index contributed by atoms with van der Waals surface area (Å²) in [6.07, 6.45) is 0. The van der Waals surface area contributed by atoms with Crippen LogP contribution >= 0.6 is 23.1 Å². The van der Waals surface area contributed by atoms with Crippen molar-refractivity contribution in [1.29, 1.82) is 0 Å². The van der Waals surface area contributed by atoms with Gasteiger partial charge in [0, 0.05) is 11.1 Å². The minimum Gasteiger partial charge on any atom is -0.355 e. The number of carbonyl (C=O) groups excluding carboxylic acids is 1. The van der Waals surface area contributed by atoms with Crippen molar-refractivity contribution in [2.75, 3.05) is 11.1 Å². The number of thioether (sulfide) groups is 1. The third kappa shape index (κ3) is 7.37. The lowest BCUT2D eigenvalue weighted by Crippen LogP contribution is -2.41. The van der Waals surface area contributed by atoms with E-state index in [1.807, 2.05) is 20.8 Å². The van der Waals surface area contributed by atoms with Gasteiger partial charge in [0.15, 0.2) is 4.34 Å². The molecule has 0 saturated heterocycles. The maximum atomic E-state index is 11.7. The van der Waals surface area contributed by atoms with Crippen LogP contribution in [0.25, 0.3) is 0 Å². The van der Waals surface area contributed by atoms with Crippen LogP contribution in [0.5, 0.6) is 0 Å². The summed E-state index contributed by atoms with van der Waals surface area (Å²) in [6.45, 7) is 12.1. The third-order valence-corrected chi connectivity index (χ3v) is 3.70. The quantitative estimate of drug-likeness (QED) is 0.837. The molecule has 0 radical (unpaired) electrons. The first kappa shape index (κ1) is 16.2.